The maximum Gasteiger partial charge on any atom is 0.0731 e. The standard InChI is InChI=1S/C16H19BrClNS/c1-4-7-19-15(14-9-11(3)16(17)20-14)13-6-5-12(18)8-10(13)2/h5-6,8-9,15,19H,4,7H2,1-3H3. The van der Waals surface area contributed by atoms with E-state index in [1.807, 2.05) is 12.1 Å². The number of halogens is 2. The highest BCUT2D eigenvalue weighted by molar-refractivity contribution is 9.11. The van der Waals surface area contributed by atoms with Crippen molar-refractivity contribution in [2.24, 2.45) is 0 Å². The van der Waals surface area contributed by atoms with E-state index in [2.05, 4.69) is 54.2 Å². The van der Waals surface area contributed by atoms with Gasteiger partial charge in [-0.05, 0) is 77.6 Å². The lowest BCUT2D eigenvalue weighted by molar-refractivity contribution is 0.603. The lowest BCUT2D eigenvalue weighted by Crippen LogP contribution is -2.23. The Labute approximate surface area is 138 Å². The molecule has 1 N–H and O–H groups in total. The number of hydrogen-bond donors (Lipinski definition) is 1. The first kappa shape index (κ1) is 16.0. The summed E-state index contributed by atoms with van der Waals surface area (Å²) in [5, 5.41) is 4.44. The zero-order valence-electron chi connectivity index (χ0n) is 12.0. The predicted molar refractivity (Wildman–Crippen MR) is 93.1 cm³/mol. The molecule has 0 saturated carbocycles. The van der Waals surface area contributed by atoms with Crippen LogP contribution in [0.2, 0.25) is 5.02 Å². The predicted octanol–water partition coefficient (Wildman–Crippen LogP) is 5.87. The first-order chi connectivity index (χ1) is 9.52. The number of rotatable bonds is 5. The van der Waals surface area contributed by atoms with Gasteiger partial charge >= 0.3 is 0 Å². The van der Waals surface area contributed by atoms with Crippen molar-refractivity contribution in [1.82, 2.24) is 5.32 Å². The normalized spacial score (nSPS) is 12.7. The molecule has 4 heteroatoms. The van der Waals surface area contributed by atoms with Gasteiger partial charge in [-0.2, -0.15) is 0 Å². The maximum absolute atomic E-state index is 6.08. The van der Waals surface area contributed by atoms with Crippen molar-refractivity contribution in [3.63, 3.8) is 0 Å². The van der Waals surface area contributed by atoms with E-state index in [9.17, 15) is 0 Å². The van der Waals surface area contributed by atoms with Gasteiger partial charge in [0.25, 0.3) is 0 Å². The van der Waals surface area contributed by atoms with Crippen LogP contribution in [0.15, 0.2) is 28.1 Å². The molecule has 0 aliphatic rings. The fourth-order valence-corrected chi connectivity index (χ4v) is 4.13. The maximum atomic E-state index is 6.08. The number of aryl methyl sites for hydroxylation is 2. The van der Waals surface area contributed by atoms with Gasteiger partial charge in [-0.1, -0.05) is 24.6 Å². The van der Waals surface area contributed by atoms with Gasteiger partial charge in [0.1, 0.15) is 0 Å². The molecule has 0 amide bonds. The fraction of sp³-hybridized carbons (Fsp3) is 0.375. The molecule has 0 fully saturated rings. The Kier molecular flexibility index (Phi) is 5.67. The molecule has 2 aromatic rings. The highest BCUT2D eigenvalue weighted by atomic mass is 79.9. The zero-order valence-corrected chi connectivity index (χ0v) is 15.1. The number of hydrogen-bond acceptors (Lipinski definition) is 2. The monoisotopic (exact) mass is 371 g/mol. The van der Waals surface area contributed by atoms with Crippen LogP contribution in [0.1, 0.15) is 41.0 Å². The summed E-state index contributed by atoms with van der Waals surface area (Å²) in [4.78, 5) is 1.34. The molecule has 1 aromatic heterocycles. The largest absolute Gasteiger partial charge is 0.306 e. The highest BCUT2D eigenvalue weighted by Crippen LogP contribution is 2.35. The van der Waals surface area contributed by atoms with Gasteiger partial charge < -0.3 is 5.32 Å². The minimum atomic E-state index is 0.238. The molecule has 1 aromatic carbocycles. The average molecular weight is 373 g/mol. The molecule has 0 spiro atoms. The topological polar surface area (TPSA) is 12.0 Å². The third-order valence-corrected chi connectivity index (χ3v) is 5.74. The quantitative estimate of drug-likeness (QED) is 0.692. The molecule has 20 heavy (non-hydrogen) atoms. The smallest absolute Gasteiger partial charge is 0.0731 e. The Balaban J connectivity index is 2.41. The second kappa shape index (κ2) is 7.08. The van der Waals surface area contributed by atoms with Crippen molar-refractivity contribution in [3.05, 3.63) is 54.6 Å². The SMILES string of the molecule is CCCNC(c1cc(C)c(Br)s1)c1ccc(Cl)cc1C. The summed E-state index contributed by atoms with van der Waals surface area (Å²) in [6.07, 6.45) is 1.12. The van der Waals surface area contributed by atoms with Crippen molar-refractivity contribution in [3.8, 4) is 0 Å². The van der Waals surface area contributed by atoms with Crippen LogP contribution < -0.4 is 5.32 Å². The minimum absolute atomic E-state index is 0.238. The van der Waals surface area contributed by atoms with Crippen LogP contribution in [0.5, 0.6) is 0 Å². The van der Waals surface area contributed by atoms with Gasteiger partial charge in [0.15, 0.2) is 0 Å². The second-order valence-electron chi connectivity index (χ2n) is 4.99. The van der Waals surface area contributed by atoms with Crippen LogP contribution in [0.25, 0.3) is 0 Å². The summed E-state index contributed by atoms with van der Waals surface area (Å²) < 4.78 is 1.21. The summed E-state index contributed by atoms with van der Waals surface area (Å²) in [6, 6.07) is 8.64. The van der Waals surface area contributed by atoms with Crippen LogP contribution in [-0.2, 0) is 0 Å². The van der Waals surface area contributed by atoms with Crippen molar-refractivity contribution in [2.75, 3.05) is 6.54 Å². The van der Waals surface area contributed by atoms with E-state index in [0.29, 0.717) is 0 Å². The molecule has 0 aliphatic heterocycles. The van der Waals surface area contributed by atoms with E-state index in [1.54, 1.807) is 11.3 Å². The number of benzene rings is 1. The second-order valence-corrected chi connectivity index (χ2v) is 7.83. The molecule has 1 unspecified atom stereocenters. The molecule has 1 nitrogen and oxygen atoms in total. The highest BCUT2D eigenvalue weighted by Gasteiger charge is 2.18. The molecule has 0 bridgehead atoms. The Bertz CT molecular complexity index is 575. The van der Waals surface area contributed by atoms with E-state index in [-0.39, 0.29) is 6.04 Å². The number of nitrogens with one attached hydrogen (secondary N) is 1. The molecule has 0 radical (unpaired) electrons. The van der Waals surface area contributed by atoms with Crippen molar-refractivity contribution in [1.29, 1.82) is 0 Å². The Morgan fingerprint density at radius 2 is 2.00 bits per heavy atom. The van der Waals surface area contributed by atoms with Gasteiger partial charge in [0, 0.05) is 9.90 Å². The molecule has 1 atom stereocenters. The Hall–Kier alpha value is -0.350. The summed E-state index contributed by atoms with van der Waals surface area (Å²) in [5.74, 6) is 0. The van der Waals surface area contributed by atoms with Gasteiger partial charge in [-0.3, -0.25) is 0 Å². The molecule has 0 aliphatic carbocycles. The van der Waals surface area contributed by atoms with Gasteiger partial charge in [-0.25, -0.2) is 0 Å². The van der Waals surface area contributed by atoms with Gasteiger partial charge in [0.2, 0.25) is 0 Å². The molecular formula is C16H19BrClNS. The van der Waals surface area contributed by atoms with E-state index < -0.39 is 0 Å². The number of thiophene rings is 1. The van der Waals surface area contributed by atoms with Crippen LogP contribution in [0.4, 0.5) is 0 Å². The van der Waals surface area contributed by atoms with E-state index in [1.165, 1.54) is 25.4 Å². The van der Waals surface area contributed by atoms with Crippen molar-refractivity contribution >= 4 is 38.9 Å². The fourth-order valence-electron chi connectivity index (χ4n) is 2.24. The van der Waals surface area contributed by atoms with Gasteiger partial charge in [-0.15, -0.1) is 11.3 Å². The third kappa shape index (κ3) is 3.64. The summed E-state index contributed by atoms with van der Waals surface area (Å²) in [6.45, 7) is 7.45. The van der Waals surface area contributed by atoms with Crippen LogP contribution >= 0.6 is 38.9 Å². The van der Waals surface area contributed by atoms with E-state index in [4.69, 9.17) is 11.6 Å². The molecule has 2 rings (SSSR count). The minimum Gasteiger partial charge on any atom is -0.306 e. The zero-order chi connectivity index (χ0) is 14.7. The molecule has 1 heterocycles. The van der Waals surface area contributed by atoms with Crippen molar-refractivity contribution in [2.45, 2.75) is 33.2 Å². The van der Waals surface area contributed by atoms with Gasteiger partial charge in [0.05, 0.1) is 9.83 Å². The summed E-state index contributed by atoms with van der Waals surface area (Å²) >= 11 is 11.5. The average Bonchev–Trinajstić information content (AvgIpc) is 2.72. The molecule has 108 valence electrons. The molecule has 0 saturated heterocycles. The first-order valence-corrected chi connectivity index (χ1v) is 8.77. The van der Waals surface area contributed by atoms with E-state index in [0.717, 1.165) is 18.0 Å². The summed E-state index contributed by atoms with van der Waals surface area (Å²) in [5.41, 5.74) is 3.82. The summed E-state index contributed by atoms with van der Waals surface area (Å²) in [7, 11) is 0. The van der Waals surface area contributed by atoms with E-state index >= 15 is 0 Å². The van der Waals surface area contributed by atoms with Crippen LogP contribution in [0.3, 0.4) is 0 Å². The Morgan fingerprint density at radius 1 is 1.25 bits per heavy atom. The van der Waals surface area contributed by atoms with Crippen molar-refractivity contribution < 1.29 is 0 Å². The lowest BCUT2D eigenvalue weighted by Gasteiger charge is -2.20. The van der Waals surface area contributed by atoms with Crippen LogP contribution in [-0.4, -0.2) is 6.54 Å². The lowest BCUT2D eigenvalue weighted by atomic mass is 9.99. The Morgan fingerprint density at radius 3 is 2.55 bits per heavy atom. The van der Waals surface area contributed by atoms with Crippen LogP contribution in [0, 0.1) is 13.8 Å². The third-order valence-electron chi connectivity index (χ3n) is 3.30. The molecular weight excluding hydrogens is 354 g/mol. The first-order valence-electron chi connectivity index (χ1n) is 6.78.